The van der Waals surface area contributed by atoms with E-state index < -0.39 is 0 Å². The van der Waals surface area contributed by atoms with Crippen LogP contribution in [0.15, 0.2) is 47.7 Å². The van der Waals surface area contributed by atoms with Crippen molar-refractivity contribution in [2.24, 2.45) is 10.9 Å². The summed E-state index contributed by atoms with van der Waals surface area (Å²) in [4.78, 5) is 9.41. The number of hydrogen-bond donors (Lipinski definition) is 0. The van der Waals surface area contributed by atoms with Crippen LogP contribution >= 0.6 is 0 Å². The smallest absolute Gasteiger partial charge is 0.163 e. The zero-order valence-electron chi connectivity index (χ0n) is 15.2. The van der Waals surface area contributed by atoms with E-state index in [0.29, 0.717) is 5.92 Å². The van der Waals surface area contributed by atoms with Gasteiger partial charge in [0.25, 0.3) is 0 Å². The molecule has 0 fully saturated rings. The molecule has 26 heavy (non-hydrogen) atoms. The van der Waals surface area contributed by atoms with Crippen LogP contribution in [0.25, 0.3) is 27.7 Å². The summed E-state index contributed by atoms with van der Waals surface area (Å²) < 4.78 is 15.5. The third kappa shape index (κ3) is 2.83. The molecule has 0 spiro atoms. The second-order valence-corrected chi connectivity index (χ2v) is 6.87. The van der Waals surface area contributed by atoms with Crippen LogP contribution in [0.3, 0.4) is 0 Å². The van der Waals surface area contributed by atoms with E-state index in [9.17, 15) is 4.39 Å². The molecule has 1 aliphatic heterocycles. The van der Waals surface area contributed by atoms with Gasteiger partial charge in [-0.15, -0.1) is 0 Å². The van der Waals surface area contributed by atoms with Crippen molar-refractivity contribution in [2.75, 3.05) is 0 Å². The summed E-state index contributed by atoms with van der Waals surface area (Å²) in [6.45, 7) is 6.44. The molecule has 0 saturated carbocycles. The van der Waals surface area contributed by atoms with Gasteiger partial charge in [-0.05, 0) is 36.6 Å². The van der Waals surface area contributed by atoms with Gasteiger partial charge in [-0.3, -0.25) is 4.98 Å². The van der Waals surface area contributed by atoms with Crippen LogP contribution in [-0.2, 0) is 0 Å². The Bertz CT molecular complexity index is 1040. The molecule has 0 atom stereocenters. The van der Waals surface area contributed by atoms with E-state index in [1.165, 1.54) is 12.1 Å². The van der Waals surface area contributed by atoms with Gasteiger partial charge in [-0.25, -0.2) is 14.1 Å². The maximum Gasteiger partial charge on any atom is 0.163 e. The summed E-state index contributed by atoms with van der Waals surface area (Å²) in [5.74, 6) is 0.931. The summed E-state index contributed by atoms with van der Waals surface area (Å²) in [7, 11) is 0. The van der Waals surface area contributed by atoms with Crippen LogP contribution < -0.4 is 0 Å². The number of aromatic nitrogens is 3. The van der Waals surface area contributed by atoms with Crippen molar-refractivity contribution in [1.82, 2.24) is 14.8 Å². The van der Waals surface area contributed by atoms with Gasteiger partial charge in [-0.2, -0.15) is 5.10 Å². The number of allylic oxidation sites excluding steroid dienone is 2. The van der Waals surface area contributed by atoms with Gasteiger partial charge in [0.1, 0.15) is 5.82 Å². The summed E-state index contributed by atoms with van der Waals surface area (Å²) in [5.41, 5.74) is 4.87. The van der Waals surface area contributed by atoms with Gasteiger partial charge in [0.05, 0.1) is 11.7 Å². The Hall–Kier alpha value is -2.82. The number of fused-ring (bicyclic) bond motifs is 2. The van der Waals surface area contributed by atoms with Crippen LogP contribution in [0.5, 0.6) is 0 Å². The van der Waals surface area contributed by atoms with Crippen molar-refractivity contribution in [2.45, 2.75) is 33.6 Å². The summed E-state index contributed by atoms with van der Waals surface area (Å²) in [5, 5.41) is 5.35. The molecule has 3 heterocycles. The molecule has 0 unspecified atom stereocenters. The zero-order valence-corrected chi connectivity index (χ0v) is 15.2. The summed E-state index contributed by atoms with van der Waals surface area (Å²) in [6, 6.07) is 6.58. The Labute approximate surface area is 152 Å². The normalized spacial score (nSPS) is 14.2. The van der Waals surface area contributed by atoms with E-state index >= 15 is 0 Å². The highest BCUT2D eigenvalue weighted by Gasteiger charge is 2.19. The molecule has 0 N–H and O–H groups in total. The molecule has 3 aromatic rings. The molecule has 0 amide bonds. The maximum absolute atomic E-state index is 13.6. The standard InChI is InChI=1S/C21H21FN4/c1-4-17-6-8-19(13(2)3)25-21-18(12-24-26(17)21)15-9-14-10-16(22)5-7-20(14)23-11-15/h5-7,9-13H,4,8H2,1-3H3. The van der Waals surface area contributed by atoms with Crippen molar-refractivity contribution in [3.05, 3.63) is 48.6 Å². The van der Waals surface area contributed by atoms with Crippen molar-refractivity contribution in [3.8, 4) is 11.1 Å². The highest BCUT2D eigenvalue weighted by atomic mass is 19.1. The molecule has 0 bridgehead atoms. The first-order chi connectivity index (χ1) is 12.6. The second kappa shape index (κ2) is 6.48. The number of aliphatic imine (C=N–C) groups is 1. The molecular weight excluding hydrogens is 327 g/mol. The molecule has 2 aromatic heterocycles. The third-order valence-corrected chi connectivity index (χ3v) is 4.80. The summed E-state index contributed by atoms with van der Waals surface area (Å²) in [6.07, 6.45) is 7.57. The lowest BCUT2D eigenvalue weighted by atomic mass is 10.0. The predicted molar refractivity (Wildman–Crippen MR) is 104 cm³/mol. The zero-order chi connectivity index (χ0) is 18.3. The van der Waals surface area contributed by atoms with Gasteiger partial charge in [0.2, 0.25) is 0 Å². The molecule has 0 aliphatic carbocycles. The van der Waals surface area contributed by atoms with Gasteiger partial charge in [0, 0.05) is 40.5 Å². The number of benzene rings is 1. The first-order valence-corrected chi connectivity index (χ1v) is 8.97. The first kappa shape index (κ1) is 16.6. The third-order valence-electron chi connectivity index (χ3n) is 4.80. The molecule has 1 aromatic carbocycles. The van der Waals surface area contributed by atoms with E-state index in [-0.39, 0.29) is 5.82 Å². The van der Waals surface area contributed by atoms with Crippen LogP contribution in [0.4, 0.5) is 10.2 Å². The van der Waals surface area contributed by atoms with E-state index in [1.54, 1.807) is 6.07 Å². The fraction of sp³-hybridized carbons (Fsp3) is 0.286. The van der Waals surface area contributed by atoms with Crippen LogP contribution in [0.2, 0.25) is 0 Å². The van der Waals surface area contributed by atoms with Crippen molar-refractivity contribution < 1.29 is 4.39 Å². The lowest BCUT2D eigenvalue weighted by Gasteiger charge is -2.08. The quantitative estimate of drug-likeness (QED) is 0.616. The monoisotopic (exact) mass is 348 g/mol. The number of halogens is 1. The predicted octanol–water partition coefficient (Wildman–Crippen LogP) is 5.62. The lowest BCUT2D eigenvalue weighted by Crippen LogP contribution is -2.05. The number of hydrogen-bond acceptors (Lipinski definition) is 3. The molecule has 132 valence electrons. The average Bonchev–Trinajstić information content (AvgIpc) is 2.94. The molecule has 4 rings (SSSR count). The number of nitrogens with zero attached hydrogens (tertiary/aromatic N) is 4. The number of rotatable bonds is 3. The van der Waals surface area contributed by atoms with Gasteiger partial charge in [0.15, 0.2) is 5.82 Å². The van der Waals surface area contributed by atoms with E-state index in [0.717, 1.165) is 52.1 Å². The van der Waals surface area contributed by atoms with Crippen LogP contribution in [0.1, 0.15) is 33.6 Å². The Morgan fingerprint density at radius 1 is 1.19 bits per heavy atom. The van der Waals surface area contributed by atoms with Gasteiger partial charge < -0.3 is 0 Å². The van der Waals surface area contributed by atoms with Gasteiger partial charge >= 0.3 is 0 Å². The second-order valence-electron chi connectivity index (χ2n) is 6.87. The first-order valence-electron chi connectivity index (χ1n) is 8.97. The van der Waals surface area contributed by atoms with Crippen LogP contribution in [-0.4, -0.2) is 20.5 Å². The summed E-state index contributed by atoms with van der Waals surface area (Å²) >= 11 is 0. The molecule has 0 radical (unpaired) electrons. The highest BCUT2D eigenvalue weighted by molar-refractivity contribution is 5.94. The van der Waals surface area contributed by atoms with E-state index in [1.807, 2.05) is 23.1 Å². The van der Waals surface area contributed by atoms with Crippen molar-refractivity contribution in [3.63, 3.8) is 0 Å². The highest BCUT2D eigenvalue weighted by Crippen LogP contribution is 2.36. The van der Waals surface area contributed by atoms with Gasteiger partial charge in [-0.1, -0.05) is 26.8 Å². The minimum atomic E-state index is -0.262. The Kier molecular flexibility index (Phi) is 4.15. The average molecular weight is 348 g/mol. The maximum atomic E-state index is 13.6. The Balaban J connectivity index is 1.90. The lowest BCUT2D eigenvalue weighted by molar-refractivity contribution is 0.629. The molecule has 4 nitrogen and oxygen atoms in total. The minimum absolute atomic E-state index is 0.262. The molecule has 0 saturated heterocycles. The Morgan fingerprint density at radius 2 is 2.04 bits per heavy atom. The molecule has 5 heteroatoms. The SMILES string of the molecule is CCC1=CCC(C(C)C)=Nc2c(-c3cnc4ccc(F)cc4c3)cnn21. The van der Waals surface area contributed by atoms with Crippen molar-refractivity contribution in [1.29, 1.82) is 0 Å². The number of pyridine rings is 1. The molecular formula is C21H21FN4. The largest absolute Gasteiger partial charge is 0.256 e. The van der Waals surface area contributed by atoms with Crippen LogP contribution in [0, 0.1) is 11.7 Å². The van der Waals surface area contributed by atoms with E-state index in [4.69, 9.17) is 4.99 Å². The minimum Gasteiger partial charge on any atom is -0.256 e. The van der Waals surface area contributed by atoms with Crippen molar-refractivity contribution >= 4 is 28.1 Å². The Morgan fingerprint density at radius 3 is 2.81 bits per heavy atom. The fourth-order valence-corrected chi connectivity index (χ4v) is 3.26. The molecule has 1 aliphatic rings. The van der Waals surface area contributed by atoms with E-state index in [2.05, 4.69) is 36.9 Å². The fourth-order valence-electron chi connectivity index (χ4n) is 3.26. The topological polar surface area (TPSA) is 43.1 Å².